The standard InChI is InChI=1S/C17H25BN2/c1-4-13-7-8-15-16(10-13)20(12-17(15,2)18)11-14-6-5-9-19(14)3/h7-8,10,14H,4-6,9,11-12H2,1-3H3. The number of hydrogen-bond acceptors (Lipinski definition) is 2. The van der Waals surface area contributed by atoms with E-state index in [2.05, 4.69) is 48.9 Å². The highest BCUT2D eigenvalue weighted by atomic mass is 15.2. The molecule has 106 valence electrons. The first-order chi connectivity index (χ1) is 9.51. The van der Waals surface area contributed by atoms with Crippen LogP contribution in [0.5, 0.6) is 0 Å². The number of rotatable bonds is 3. The van der Waals surface area contributed by atoms with Crippen molar-refractivity contribution in [1.82, 2.24) is 4.90 Å². The van der Waals surface area contributed by atoms with E-state index in [-0.39, 0.29) is 5.31 Å². The molecule has 2 unspecified atom stereocenters. The molecule has 0 aliphatic carbocycles. The third kappa shape index (κ3) is 2.37. The fourth-order valence-corrected chi connectivity index (χ4v) is 3.74. The second-order valence-corrected chi connectivity index (χ2v) is 6.78. The molecule has 0 aromatic heterocycles. The molecular weight excluding hydrogens is 243 g/mol. The molecule has 0 spiro atoms. The van der Waals surface area contributed by atoms with Gasteiger partial charge in [-0.25, -0.2) is 0 Å². The van der Waals surface area contributed by atoms with Gasteiger partial charge in [0.25, 0.3) is 0 Å². The maximum absolute atomic E-state index is 6.52. The van der Waals surface area contributed by atoms with Gasteiger partial charge >= 0.3 is 0 Å². The molecule has 3 heteroatoms. The summed E-state index contributed by atoms with van der Waals surface area (Å²) in [6.07, 6.45) is 3.74. The molecule has 1 aromatic rings. The SMILES string of the molecule is [B]C1(C)CN(CC2CCCN2C)c2cc(CC)ccc21. The van der Waals surface area contributed by atoms with Gasteiger partial charge in [0.05, 0.1) is 7.85 Å². The van der Waals surface area contributed by atoms with Crippen LogP contribution in [-0.4, -0.2) is 45.5 Å². The molecule has 20 heavy (non-hydrogen) atoms. The first kappa shape index (κ1) is 14.0. The van der Waals surface area contributed by atoms with Crippen molar-refractivity contribution in [2.24, 2.45) is 0 Å². The van der Waals surface area contributed by atoms with Crippen molar-refractivity contribution in [3.8, 4) is 0 Å². The van der Waals surface area contributed by atoms with Gasteiger partial charge in [0.2, 0.25) is 0 Å². The molecule has 2 aliphatic rings. The van der Waals surface area contributed by atoms with Gasteiger partial charge < -0.3 is 9.80 Å². The number of anilines is 1. The van der Waals surface area contributed by atoms with Crippen LogP contribution in [0.25, 0.3) is 0 Å². The van der Waals surface area contributed by atoms with E-state index in [0.717, 1.165) is 19.5 Å². The maximum Gasteiger partial charge on any atom is 0.0832 e. The zero-order chi connectivity index (χ0) is 14.3. The molecule has 0 saturated carbocycles. The van der Waals surface area contributed by atoms with Crippen LogP contribution in [0.1, 0.15) is 37.8 Å². The van der Waals surface area contributed by atoms with E-state index in [1.54, 1.807) is 0 Å². The van der Waals surface area contributed by atoms with Crippen molar-refractivity contribution in [3.63, 3.8) is 0 Å². The quantitative estimate of drug-likeness (QED) is 0.777. The number of nitrogens with zero attached hydrogens (tertiary/aromatic N) is 2. The summed E-state index contributed by atoms with van der Waals surface area (Å²) in [5, 5.41) is -0.210. The van der Waals surface area contributed by atoms with Gasteiger partial charge in [-0.2, -0.15) is 0 Å². The third-order valence-electron chi connectivity index (χ3n) is 5.05. The Labute approximate surface area is 124 Å². The van der Waals surface area contributed by atoms with Crippen LogP contribution in [0.15, 0.2) is 18.2 Å². The van der Waals surface area contributed by atoms with E-state index < -0.39 is 0 Å². The van der Waals surface area contributed by atoms with Crippen molar-refractivity contribution in [3.05, 3.63) is 29.3 Å². The van der Waals surface area contributed by atoms with Gasteiger partial charge in [0.15, 0.2) is 0 Å². The van der Waals surface area contributed by atoms with Gasteiger partial charge in [0.1, 0.15) is 0 Å². The fourth-order valence-electron chi connectivity index (χ4n) is 3.74. The summed E-state index contributed by atoms with van der Waals surface area (Å²) in [7, 11) is 8.77. The average Bonchev–Trinajstić information content (AvgIpc) is 2.92. The molecule has 3 rings (SSSR count). The molecule has 2 atom stereocenters. The van der Waals surface area contributed by atoms with E-state index in [9.17, 15) is 0 Å². The summed E-state index contributed by atoms with van der Waals surface area (Å²) >= 11 is 0. The molecule has 2 nitrogen and oxygen atoms in total. The molecule has 2 radical (unpaired) electrons. The molecule has 2 aliphatic heterocycles. The Balaban J connectivity index is 1.87. The lowest BCUT2D eigenvalue weighted by Crippen LogP contribution is -2.40. The Morgan fingerprint density at radius 3 is 2.85 bits per heavy atom. The summed E-state index contributed by atoms with van der Waals surface area (Å²) in [5.41, 5.74) is 4.09. The van der Waals surface area contributed by atoms with Crippen LogP contribution in [0.3, 0.4) is 0 Å². The van der Waals surface area contributed by atoms with E-state index >= 15 is 0 Å². The molecule has 1 fully saturated rings. The zero-order valence-corrected chi connectivity index (χ0v) is 13.0. The summed E-state index contributed by atoms with van der Waals surface area (Å²) < 4.78 is 0. The lowest BCUT2D eigenvalue weighted by Gasteiger charge is -2.29. The van der Waals surface area contributed by atoms with Crippen molar-refractivity contribution in [2.75, 3.05) is 31.6 Å². The molecule has 2 heterocycles. The van der Waals surface area contributed by atoms with Crippen molar-refractivity contribution < 1.29 is 0 Å². The van der Waals surface area contributed by atoms with Gasteiger partial charge in [0, 0.05) is 24.8 Å². The summed E-state index contributed by atoms with van der Waals surface area (Å²) in [4.78, 5) is 5.01. The predicted molar refractivity (Wildman–Crippen MR) is 86.8 cm³/mol. The number of likely N-dealkylation sites (tertiary alicyclic amines) is 1. The van der Waals surface area contributed by atoms with Gasteiger partial charge in [-0.15, -0.1) is 0 Å². The van der Waals surface area contributed by atoms with Crippen molar-refractivity contribution in [2.45, 2.75) is 44.5 Å². The summed E-state index contributed by atoms with van der Waals surface area (Å²) in [5.74, 6) is 0. The van der Waals surface area contributed by atoms with Crippen LogP contribution in [0.4, 0.5) is 5.69 Å². The van der Waals surface area contributed by atoms with Crippen molar-refractivity contribution in [1.29, 1.82) is 0 Å². The number of hydrogen-bond donors (Lipinski definition) is 0. The number of fused-ring (bicyclic) bond motifs is 1. The van der Waals surface area contributed by atoms with E-state index in [1.807, 2.05) is 0 Å². The average molecular weight is 268 g/mol. The lowest BCUT2D eigenvalue weighted by molar-refractivity contribution is 0.311. The Kier molecular flexibility index (Phi) is 3.57. The second-order valence-electron chi connectivity index (χ2n) is 6.78. The van der Waals surface area contributed by atoms with Gasteiger partial charge in [-0.3, -0.25) is 0 Å². The van der Waals surface area contributed by atoms with Crippen LogP contribution in [-0.2, 0) is 11.7 Å². The molecule has 0 amide bonds. The summed E-state index contributed by atoms with van der Waals surface area (Å²) in [6.45, 7) is 7.67. The highest BCUT2D eigenvalue weighted by Gasteiger charge is 2.36. The first-order valence-electron chi connectivity index (χ1n) is 7.89. The molecule has 1 saturated heterocycles. The lowest BCUT2D eigenvalue weighted by atomic mass is 9.67. The molecule has 0 N–H and O–H groups in total. The normalized spacial score (nSPS) is 29.9. The predicted octanol–water partition coefficient (Wildman–Crippen LogP) is 2.55. The molecule has 1 aromatic carbocycles. The minimum absolute atomic E-state index is 0.210. The largest absolute Gasteiger partial charge is 0.370 e. The fraction of sp³-hybridized carbons (Fsp3) is 0.647. The number of likely N-dealkylation sites (N-methyl/N-ethyl adjacent to an activating group) is 1. The van der Waals surface area contributed by atoms with E-state index in [1.165, 1.54) is 36.2 Å². The smallest absolute Gasteiger partial charge is 0.0832 e. The molecule has 0 bridgehead atoms. The van der Waals surface area contributed by atoms with Crippen LogP contribution >= 0.6 is 0 Å². The Morgan fingerprint density at radius 1 is 1.40 bits per heavy atom. The highest BCUT2D eigenvalue weighted by molar-refractivity contribution is 6.17. The monoisotopic (exact) mass is 268 g/mol. The number of aryl methyl sites for hydroxylation is 1. The highest BCUT2D eigenvalue weighted by Crippen LogP contribution is 2.40. The molecular formula is C17H25BN2. The summed E-state index contributed by atoms with van der Waals surface area (Å²) in [6, 6.07) is 7.51. The van der Waals surface area contributed by atoms with E-state index in [4.69, 9.17) is 7.85 Å². The first-order valence-corrected chi connectivity index (χ1v) is 7.89. The topological polar surface area (TPSA) is 6.48 Å². The zero-order valence-electron chi connectivity index (χ0n) is 13.0. The minimum atomic E-state index is -0.210. The van der Waals surface area contributed by atoms with Gasteiger partial charge in [-0.1, -0.05) is 26.0 Å². The van der Waals surface area contributed by atoms with Crippen LogP contribution in [0.2, 0.25) is 0 Å². The minimum Gasteiger partial charge on any atom is -0.370 e. The Morgan fingerprint density at radius 2 is 2.20 bits per heavy atom. The van der Waals surface area contributed by atoms with Crippen molar-refractivity contribution >= 4 is 13.5 Å². The van der Waals surface area contributed by atoms with E-state index in [0.29, 0.717) is 6.04 Å². The maximum atomic E-state index is 6.52. The van der Waals surface area contributed by atoms with Crippen LogP contribution in [0, 0.1) is 0 Å². The second kappa shape index (κ2) is 5.11. The third-order valence-corrected chi connectivity index (χ3v) is 5.05. The Bertz CT molecular complexity index is 498. The number of benzene rings is 1. The van der Waals surface area contributed by atoms with Gasteiger partial charge in [-0.05, 0) is 55.4 Å². The van der Waals surface area contributed by atoms with Crippen LogP contribution < -0.4 is 4.90 Å². The Hall–Kier alpha value is -0.955.